The average Bonchev–Trinajstić information content (AvgIpc) is 3.02. The van der Waals surface area contributed by atoms with Crippen LogP contribution in [0.25, 0.3) is 17.0 Å². The molecule has 0 saturated carbocycles. The van der Waals surface area contributed by atoms with E-state index >= 15 is 0 Å². The van der Waals surface area contributed by atoms with Crippen LogP contribution in [0.1, 0.15) is 11.1 Å². The zero-order valence-corrected chi connectivity index (χ0v) is 16.9. The molecule has 3 amide bonds. The van der Waals surface area contributed by atoms with Crippen molar-refractivity contribution in [2.45, 2.75) is 13.5 Å². The normalized spacial score (nSPS) is 15.7. The zero-order valence-electron chi connectivity index (χ0n) is 16.1. The lowest BCUT2D eigenvalue weighted by Crippen LogP contribution is -2.54. The summed E-state index contributed by atoms with van der Waals surface area (Å²) in [5.74, 6) is -1.57. The summed E-state index contributed by atoms with van der Waals surface area (Å²) in [5, 5.41) is 3.41. The number of carbonyl (C=O) groups excluding carboxylic acids is 3. The fourth-order valence-electron chi connectivity index (χ4n) is 3.50. The van der Waals surface area contributed by atoms with Gasteiger partial charge < -0.3 is 10.3 Å². The van der Waals surface area contributed by atoms with Crippen molar-refractivity contribution in [1.82, 2.24) is 9.88 Å². The summed E-state index contributed by atoms with van der Waals surface area (Å²) in [4.78, 5) is 38.5. The minimum absolute atomic E-state index is 0.0106. The van der Waals surface area contributed by atoms with Gasteiger partial charge in [-0.2, -0.15) is 0 Å². The summed E-state index contributed by atoms with van der Waals surface area (Å²) in [6.07, 6.45) is 3.22. The minimum atomic E-state index is -0.569. The molecule has 0 bridgehead atoms. The topological polar surface area (TPSA) is 97.4 Å². The Bertz CT molecular complexity index is 1260. The molecule has 1 aliphatic rings. The molecular weight excluding hydrogens is 400 g/mol. The average molecular weight is 418 g/mol. The maximum Gasteiger partial charge on any atom is 0.270 e. The smallest absolute Gasteiger partial charge is 0.270 e. The van der Waals surface area contributed by atoms with E-state index in [-0.39, 0.29) is 17.2 Å². The van der Waals surface area contributed by atoms with Gasteiger partial charge in [0.1, 0.15) is 12.1 Å². The van der Waals surface area contributed by atoms with Crippen LogP contribution in [-0.2, 0) is 20.9 Å². The highest BCUT2D eigenvalue weighted by atomic mass is 32.1. The Balaban J connectivity index is 1.81. The van der Waals surface area contributed by atoms with Gasteiger partial charge in [-0.15, -0.1) is 0 Å². The molecule has 1 fully saturated rings. The van der Waals surface area contributed by atoms with Crippen molar-refractivity contribution in [3.8, 4) is 0 Å². The Labute approximate surface area is 177 Å². The number of anilines is 1. The van der Waals surface area contributed by atoms with Crippen molar-refractivity contribution in [2.75, 3.05) is 4.90 Å². The second-order valence-corrected chi connectivity index (χ2v) is 7.38. The Morgan fingerprint density at radius 3 is 2.67 bits per heavy atom. The van der Waals surface area contributed by atoms with E-state index in [4.69, 9.17) is 18.0 Å². The third-order valence-electron chi connectivity index (χ3n) is 4.81. The van der Waals surface area contributed by atoms with Crippen LogP contribution in [0.3, 0.4) is 0 Å². The molecule has 4 rings (SSSR count). The largest absolute Gasteiger partial charge is 0.368 e. The number of hydrogen-bond acceptors (Lipinski definition) is 4. The Kier molecular flexibility index (Phi) is 4.93. The Morgan fingerprint density at radius 1 is 1.17 bits per heavy atom. The molecular formula is C22H18N4O3S. The van der Waals surface area contributed by atoms with E-state index in [0.29, 0.717) is 11.3 Å². The Hall–Kier alpha value is -3.78. The number of amides is 3. The van der Waals surface area contributed by atoms with Crippen molar-refractivity contribution < 1.29 is 14.4 Å². The highest BCUT2D eigenvalue weighted by Crippen LogP contribution is 2.27. The standard InChI is InChI=1S/C22H18N4O3S/c1-13-5-4-6-15(9-13)26-21(29)17(20(28)24-22(26)30)10-14-11-25(12-19(23)27)18-8-3-2-7-16(14)18/h2-11H,12H2,1H3,(H2,23,27)(H,24,28,30)/b17-10+. The highest BCUT2D eigenvalue weighted by molar-refractivity contribution is 7.80. The van der Waals surface area contributed by atoms with Crippen molar-refractivity contribution in [3.63, 3.8) is 0 Å². The molecule has 1 saturated heterocycles. The van der Waals surface area contributed by atoms with E-state index in [1.165, 1.54) is 11.0 Å². The number of thiocarbonyl (C=S) groups is 1. The molecule has 30 heavy (non-hydrogen) atoms. The lowest BCUT2D eigenvalue weighted by molar-refractivity contribution is -0.122. The van der Waals surface area contributed by atoms with Gasteiger partial charge in [-0.25, -0.2) is 0 Å². The van der Waals surface area contributed by atoms with Gasteiger partial charge in [0.2, 0.25) is 5.91 Å². The van der Waals surface area contributed by atoms with Crippen LogP contribution in [-0.4, -0.2) is 27.4 Å². The number of primary amides is 1. The number of rotatable bonds is 4. The summed E-state index contributed by atoms with van der Waals surface area (Å²) >= 11 is 5.24. The fourth-order valence-corrected chi connectivity index (χ4v) is 3.78. The Morgan fingerprint density at radius 2 is 1.93 bits per heavy atom. The van der Waals surface area contributed by atoms with Gasteiger partial charge >= 0.3 is 0 Å². The molecule has 1 aromatic heterocycles. The summed E-state index contributed by atoms with van der Waals surface area (Å²) in [6, 6.07) is 14.7. The molecule has 1 aliphatic heterocycles. The number of fused-ring (bicyclic) bond motifs is 1. The van der Waals surface area contributed by atoms with E-state index in [2.05, 4.69) is 5.32 Å². The third-order valence-corrected chi connectivity index (χ3v) is 5.09. The highest BCUT2D eigenvalue weighted by Gasteiger charge is 2.34. The maximum absolute atomic E-state index is 13.2. The first-order chi connectivity index (χ1) is 14.3. The van der Waals surface area contributed by atoms with Crippen molar-refractivity contribution in [2.24, 2.45) is 5.73 Å². The number of nitrogens with zero attached hydrogens (tertiary/aromatic N) is 2. The number of para-hydroxylation sites is 1. The van der Waals surface area contributed by atoms with E-state index in [1.807, 2.05) is 49.4 Å². The molecule has 8 heteroatoms. The summed E-state index contributed by atoms with van der Waals surface area (Å²) < 4.78 is 1.69. The molecule has 0 radical (unpaired) electrons. The number of aromatic nitrogens is 1. The fraction of sp³-hybridized carbons (Fsp3) is 0.0909. The lowest BCUT2D eigenvalue weighted by Gasteiger charge is -2.29. The van der Waals surface area contributed by atoms with E-state index in [9.17, 15) is 14.4 Å². The number of benzene rings is 2. The van der Waals surface area contributed by atoms with Crippen LogP contribution >= 0.6 is 12.2 Å². The van der Waals surface area contributed by atoms with Crippen LogP contribution in [0, 0.1) is 6.92 Å². The van der Waals surface area contributed by atoms with Crippen molar-refractivity contribution in [1.29, 1.82) is 0 Å². The number of nitrogens with two attached hydrogens (primary N) is 1. The van der Waals surface area contributed by atoms with Crippen LogP contribution in [0.2, 0.25) is 0 Å². The van der Waals surface area contributed by atoms with Gasteiger partial charge in [-0.1, -0.05) is 30.3 Å². The SMILES string of the molecule is Cc1cccc(N2C(=O)/C(=C/c3cn(CC(N)=O)c4ccccc34)C(=O)NC2=S)c1. The van der Waals surface area contributed by atoms with Gasteiger partial charge in [0.05, 0.1) is 5.69 Å². The lowest BCUT2D eigenvalue weighted by atomic mass is 10.1. The predicted molar refractivity (Wildman–Crippen MR) is 119 cm³/mol. The van der Waals surface area contributed by atoms with Gasteiger partial charge in [0, 0.05) is 22.7 Å². The monoisotopic (exact) mass is 418 g/mol. The van der Waals surface area contributed by atoms with Gasteiger partial charge in [0.25, 0.3) is 11.8 Å². The third kappa shape index (κ3) is 3.48. The number of carbonyl (C=O) groups is 3. The first kappa shape index (κ1) is 19.5. The molecule has 2 heterocycles. The summed E-state index contributed by atoms with van der Waals surface area (Å²) in [7, 11) is 0. The van der Waals surface area contributed by atoms with Gasteiger partial charge in [-0.3, -0.25) is 24.6 Å². The van der Waals surface area contributed by atoms with E-state index in [0.717, 1.165) is 16.5 Å². The second-order valence-electron chi connectivity index (χ2n) is 6.99. The maximum atomic E-state index is 13.2. The number of nitrogens with one attached hydrogen (secondary N) is 1. The zero-order chi connectivity index (χ0) is 21.4. The molecule has 0 unspecified atom stereocenters. The van der Waals surface area contributed by atoms with Crippen molar-refractivity contribution >= 4 is 57.7 Å². The van der Waals surface area contributed by atoms with E-state index < -0.39 is 17.7 Å². The van der Waals surface area contributed by atoms with Crippen molar-refractivity contribution in [3.05, 3.63) is 71.4 Å². The molecule has 0 atom stereocenters. The quantitative estimate of drug-likeness (QED) is 0.386. The second kappa shape index (κ2) is 7.57. The number of hydrogen-bond donors (Lipinski definition) is 2. The molecule has 3 aromatic rings. The first-order valence-corrected chi connectivity index (χ1v) is 9.60. The molecule has 3 N–H and O–H groups in total. The molecule has 0 aliphatic carbocycles. The van der Waals surface area contributed by atoms with E-state index in [1.54, 1.807) is 16.8 Å². The molecule has 7 nitrogen and oxygen atoms in total. The molecule has 2 aromatic carbocycles. The minimum Gasteiger partial charge on any atom is -0.368 e. The van der Waals surface area contributed by atoms with Gasteiger partial charge in [-0.05, 0) is 49.0 Å². The van der Waals surface area contributed by atoms with Crippen LogP contribution in [0.15, 0.2) is 60.3 Å². The number of aryl methyl sites for hydroxylation is 1. The van der Waals surface area contributed by atoms with Crippen LogP contribution in [0.5, 0.6) is 0 Å². The molecule has 0 spiro atoms. The van der Waals surface area contributed by atoms with Crippen LogP contribution in [0.4, 0.5) is 5.69 Å². The van der Waals surface area contributed by atoms with Crippen LogP contribution < -0.4 is 16.0 Å². The van der Waals surface area contributed by atoms with Gasteiger partial charge in [0.15, 0.2) is 5.11 Å². The summed E-state index contributed by atoms with van der Waals surface area (Å²) in [6.45, 7) is 1.90. The first-order valence-electron chi connectivity index (χ1n) is 9.19. The summed E-state index contributed by atoms with van der Waals surface area (Å²) in [5.41, 5.74) is 8.24. The molecule has 150 valence electrons. The predicted octanol–water partition coefficient (Wildman–Crippen LogP) is 2.27.